The first-order valence-electron chi connectivity index (χ1n) is 13.3. The van der Waals surface area contributed by atoms with Gasteiger partial charge in [-0.3, -0.25) is 4.79 Å². The van der Waals surface area contributed by atoms with Gasteiger partial charge in [-0.1, -0.05) is 43.9 Å². The molecular formula is C29H38ClNO4S. The van der Waals surface area contributed by atoms with Gasteiger partial charge >= 0.3 is 0 Å². The summed E-state index contributed by atoms with van der Waals surface area (Å²) >= 11 is 6.38. The zero-order valence-electron chi connectivity index (χ0n) is 21.4. The molecule has 2 atom stereocenters. The average Bonchev–Trinajstić information content (AvgIpc) is 2.84. The van der Waals surface area contributed by atoms with Crippen LogP contribution < -0.4 is 9.46 Å². The number of halogens is 1. The van der Waals surface area contributed by atoms with Crippen LogP contribution >= 0.6 is 11.6 Å². The molecule has 1 saturated carbocycles. The molecule has 1 heterocycles. The smallest absolute Gasteiger partial charge is 0.240 e. The first kappa shape index (κ1) is 27.2. The zero-order valence-corrected chi connectivity index (χ0v) is 23.0. The number of carbonyl (C=O) groups is 1. The Kier molecular flexibility index (Phi) is 8.79. The fraction of sp³-hybridized carbons (Fsp3) is 0.552. The fourth-order valence-corrected chi connectivity index (χ4v) is 7.53. The van der Waals surface area contributed by atoms with Crippen LogP contribution in [-0.2, 0) is 26.7 Å². The summed E-state index contributed by atoms with van der Waals surface area (Å²) in [6, 6.07) is 11.2. The van der Waals surface area contributed by atoms with Crippen LogP contribution in [0.2, 0.25) is 5.02 Å². The molecule has 0 amide bonds. The Morgan fingerprint density at radius 3 is 2.78 bits per heavy atom. The summed E-state index contributed by atoms with van der Waals surface area (Å²) in [6.07, 6.45) is 9.41. The highest BCUT2D eigenvalue weighted by molar-refractivity contribution is 7.89. The Hall–Kier alpha value is -1.89. The molecule has 1 aliphatic carbocycles. The molecule has 1 N–H and O–H groups in total. The number of Topliss-reactive ketones (excluding diaryl/α,β-unsaturated/α-hetero) is 1. The van der Waals surface area contributed by atoms with Crippen molar-refractivity contribution in [1.29, 1.82) is 0 Å². The number of carbonyl (C=O) groups excluding carboxylic acids is 1. The standard InChI is InChI=1S/C29H38ClNO4S/c1-3-28(32)29(26-20-24(30)10-9-21(26)2)15-5-4-7-22(13-16-29)8-6-18-35-25-11-12-27-23(19-25)14-17-31-36(27,33)34/h9-12,19-20,22,31H,3-8,13-18H2,1-2H3. The van der Waals surface area contributed by atoms with Crippen molar-refractivity contribution in [1.82, 2.24) is 4.72 Å². The van der Waals surface area contributed by atoms with Gasteiger partial charge in [-0.25, -0.2) is 13.1 Å². The first-order valence-corrected chi connectivity index (χ1v) is 15.2. The fourth-order valence-electron chi connectivity index (χ4n) is 6.08. The minimum Gasteiger partial charge on any atom is -0.494 e. The number of sulfonamides is 1. The quantitative estimate of drug-likeness (QED) is 0.393. The van der Waals surface area contributed by atoms with Crippen LogP contribution in [0.15, 0.2) is 41.3 Å². The van der Waals surface area contributed by atoms with Crippen LogP contribution in [0, 0.1) is 12.8 Å². The van der Waals surface area contributed by atoms with Gasteiger partial charge in [0, 0.05) is 18.0 Å². The van der Waals surface area contributed by atoms with Crippen molar-refractivity contribution in [3.63, 3.8) is 0 Å². The van der Waals surface area contributed by atoms with Gasteiger partial charge in [-0.2, -0.15) is 0 Å². The molecule has 5 nitrogen and oxygen atoms in total. The molecule has 2 unspecified atom stereocenters. The van der Waals surface area contributed by atoms with Gasteiger partial charge in [0.15, 0.2) is 0 Å². The number of hydrogen-bond donors (Lipinski definition) is 1. The highest BCUT2D eigenvalue weighted by Crippen LogP contribution is 2.43. The minimum atomic E-state index is -3.38. The maximum Gasteiger partial charge on any atom is 0.240 e. The monoisotopic (exact) mass is 531 g/mol. The van der Waals surface area contributed by atoms with E-state index >= 15 is 0 Å². The third-order valence-electron chi connectivity index (χ3n) is 8.05. The second kappa shape index (κ2) is 11.7. The Bertz CT molecular complexity index is 1200. The van der Waals surface area contributed by atoms with Gasteiger partial charge in [0.25, 0.3) is 0 Å². The first-order chi connectivity index (χ1) is 17.2. The molecule has 0 saturated heterocycles. The molecule has 1 fully saturated rings. The highest BCUT2D eigenvalue weighted by atomic mass is 35.5. The molecule has 2 aromatic carbocycles. The van der Waals surface area contributed by atoms with Gasteiger partial charge < -0.3 is 4.74 Å². The number of nitrogens with one attached hydrogen (secondary N) is 1. The lowest BCUT2D eigenvalue weighted by Crippen LogP contribution is -2.38. The largest absolute Gasteiger partial charge is 0.494 e. The summed E-state index contributed by atoms with van der Waals surface area (Å²) in [5.74, 6) is 1.63. The summed E-state index contributed by atoms with van der Waals surface area (Å²) in [4.78, 5) is 13.7. The van der Waals surface area contributed by atoms with Crippen molar-refractivity contribution in [3.8, 4) is 5.75 Å². The van der Waals surface area contributed by atoms with Gasteiger partial charge in [-0.15, -0.1) is 0 Å². The molecule has 4 rings (SSSR count). The molecule has 1 aliphatic heterocycles. The molecule has 0 radical (unpaired) electrons. The SMILES string of the molecule is CCC(=O)C1(c2cc(Cl)ccc2C)CCCCC(CCCOc2ccc3c(c2)CCNS3(=O)=O)CC1. The van der Waals surface area contributed by atoms with Crippen LogP contribution in [0.4, 0.5) is 0 Å². The lowest BCUT2D eigenvalue weighted by atomic mass is 9.65. The molecule has 0 aromatic heterocycles. The number of benzene rings is 2. The van der Waals surface area contributed by atoms with E-state index in [0.29, 0.717) is 47.6 Å². The van der Waals surface area contributed by atoms with Crippen LogP contribution in [0.3, 0.4) is 0 Å². The van der Waals surface area contributed by atoms with Crippen molar-refractivity contribution in [3.05, 3.63) is 58.1 Å². The van der Waals surface area contributed by atoms with Crippen molar-refractivity contribution >= 4 is 27.4 Å². The molecule has 0 bridgehead atoms. The van der Waals surface area contributed by atoms with E-state index in [1.807, 2.05) is 31.2 Å². The van der Waals surface area contributed by atoms with E-state index < -0.39 is 15.4 Å². The molecule has 2 aliphatic rings. The second-order valence-corrected chi connectivity index (χ2v) is 12.5. The predicted molar refractivity (Wildman–Crippen MR) is 144 cm³/mol. The minimum absolute atomic E-state index is 0.335. The van der Waals surface area contributed by atoms with Crippen molar-refractivity contribution in [2.24, 2.45) is 5.92 Å². The summed E-state index contributed by atoms with van der Waals surface area (Å²) < 4.78 is 32.8. The van der Waals surface area contributed by atoms with Gasteiger partial charge in [0.1, 0.15) is 11.5 Å². The lowest BCUT2D eigenvalue weighted by molar-refractivity contribution is -0.125. The molecule has 196 valence electrons. The number of rotatable bonds is 8. The molecule has 0 spiro atoms. The van der Waals surface area contributed by atoms with E-state index in [-0.39, 0.29) is 0 Å². The topological polar surface area (TPSA) is 72.5 Å². The van der Waals surface area contributed by atoms with Gasteiger partial charge in [0.05, 0.1) is 16.9 Å². The Balaban J connectivity index is 1.37. The molecule has 2 aromatic rings. The summed E-state index contributed by atoms with van der Waals surface area (Å²) in [5, 5.41) is 0.700. The number of hydrogen-bond acceptors (Lipinski definition) is 4. The predicted octanol–water partition coefficient (Wildman–Crippen LogP) is 6.53. The number of ketones is 1. The van der Waals surface area contributed by atoms with Crippen LogP contribution in [0.1, 0.15) is 81.4 Å². The maximum atomic E-state index is 13.4. The van der Waals surface area contributed by atoms with E-state index in [0.717, 1.165) is 67.4 Å². The Labute approximate surface area is 221 Å². The molecular weight excluding hydrogens is 494 g/mol. The summed E-state index contributed by atoms with van der Waals surface area (Å²) in [6.45, 7) is 5.10. The van der Waals surface area contributed by atoms with Crippen LogP contribution in [0.25, 0.3) is 0 Å². The average molecular weight is 532 g/mol. The van der Waals surface area contributed by atoms with Crippen molar-refractivity contribution < 1.29 is 17.9 Å². The number of aryl methyl sites for hydroxylation is 1. The maximum absolute atomic E-state index is 13.4. The van der Waals surface area contributed by atoms with E-state index in [9.17, 15) is 13.2 Å². The molecule has 7 heteroatoms. The van der Waals surface area contributed by atoms with Crippen molar-refractivity contribution in [2.45, 2.75) is 88.4 Å². The summed E-state index contributed by atoms with van der Waals surface area (Å²) in [7, 11) is -3.38. The number of fused-ring (bicyclic) bond motifs is 1. The highest BCUT2D eigenvalue weighted by Gasteiger charge is 2.40. The lowest BCUT2D eigenvalue weighted by Gasteiger charge is -2.37. The van der Waals surface area contributed by atoms with Gasteiger partial charge in [-0.05, 0) is 98.4 Å². The number of ether oxygens (including phenoxy) is 1. The third-order valence-corrected chi connectivity index (χ3v) is 9.85. The normalized spacial score (nSPS) is 23.8. The Morgan fingerprint density at radius 1 is 1.14 bits per heavy atom. The van der Waals surface area contributed by atoms with Crippen LogP contribution in [0.5, 0.6) is 5.75 Å². The van der Waals surface area contributed by atoms with E-state index in [1.165, 1.54) is 6.42 Å². The summed E-state index contributed by atoms with van der Waals surface area (Å²) in [5.41, 5.74) is 2.66. The van der Waals surface area contributed by atoms with Gasteiger partial charge in [0.2, 0.25) is 10.0 Å². The zero-order chi connectivity index (χ0) is 25.8. The second-order valence-electron chi connectivity index (χ2n) is 10.4. The Morgan fingerprint density at radius 2 is 1.97 bits per heavy atom. The van der Waals surface area contributed by atoms with Crippen LogP contribution in [-0.4, -0.2) is 27.4 Å². The van der Waals surface area contributed by atoms with Crippen molar-refractivity contribution in [2.75, 3.05) is 13.2 Å². The van der Waals surface area contributed by atoms with E-state index in [1.54, 1.807) is 12.1 Å². The third kappa shape index (κ3) is 5.98. The van der Waals surface area contributed by atoms with E-state index in [2.05, 4.69) is 11.6 Å². The van der Waals surface area contributed by atoms with E-state index in [4.69, 9.17) is 16.3 Å². The molecule has 36 heavy (non-hydrogen) atoms.